The predicted octanol–water partition coefficient (Wildman–Crippen LogP) is 4.26. The largest absolute Gasteiger partial charge is 0.497 e. The molecule has 4 rings (SSSR count). The number of benzene rings is 2. The molecular formula is C25H24N6O3S2. The molecule has 0 bridgehead atoms. The van der Waals surface area contributed by atoms with Crippen molar-refractivity contribution in [3.8, 4) is 17.0 Å². The van der Waals surface area contributed by atoms with Crippen LogP contribution in [-0.2, 0) is 17.9 Å². The molecule has 0 saturated heterocycles. The van der Waals surface area contributed by atoms with Crippen molar-refractivity contribution in [3.63, 3.8) is 0 Å². The van der Waals surface area contributed by atoms with Crippen LogP contribution < -0.4 is 15.4 Å². The van der Waals surface area contributed by atoms with Crippen LogP contribution in [0.2, 0.25) is 0 Å². The first-order chi connectivity index (χ1) is 17.6. The maximum atomic E-state index is 12.5. The molecule has 0 aliphatic heterocycles. The Morgan fingerprint density at radius 2 is 1.92 bits per heavy atom. The zero-order valence-electron chi connectivity index (χ0n) is 19.5. The van der Waals surface area contributed by atoms with E-state index < -0.39 is 0 Å². The Morgan fingerprint density at radius 3 is 2.64 bits per heavy atom. The summed E-state index contributed by atoms with van der Waals surface area (Å²) in [4.78, 5) is 29.5. The summed E-state index contributed by atoms with van der Waals surface area (Å²) in [5, 5.41) is 17.1. The summed E-state index contributed by atoms with van der Waals surface area (Å²) in [6.07, 6.45) is 1.71. The minimum atomic E-state index is -0.238. The Labute approximate surface area is 216 Å². The van der Waals surface area contributed by atoms with E-state index in [1.54, 1.807) is 37.5 Å². The summed E-state index contributed by atoms with van der Waals surface area (Å²) >= 11 is 2.63. The monoisotopic (exact) mass is 520 g/mol. The van der Waals surface area contributed by atoms with Gasteiger partial charge in [-0.1, -0.05) is 48.2 Å². The Hall–Kier alpha value is -3.96. The third-order valence-corrected chi connectivity index (χ3v) is 6.74. The maximum Gasteiger partial charge on any atom is 0.251 e. The van der Waals surface area contributed by atoms with E-state index >= 15 is 0 Å². The molecule has 0 radical (unpaired) electrons. The molecule has 2 heterocycles. The highest BCUT2D eigenvalue weighted by Gasteiger charge is 2.16. The van der Waals surface area contributed by atoms with Crippen LogP contribution in [0.15, 0.2) is 77.8 Å². The molecule has 0 fully saturated rings. The minimum Gasteiger partial charge on any atom is -0.497 e. The molecule has 36 heavy (non-hydrogen) atoms. The van der Waals surface area contributed by atoms with E-state index in [2.05, 4.69) is 32.4 Å². The number of carbonyl (C=O) groups is 2. The number of nitrogens with one attached hydrogen (secondary N) is 2. The van der Waals surface area contributed by atoms with Gasteiger partial charge in [0.25, 0.3) is 5.91 Å². The third kappa shape index (κ3) is 6.37. The van der Waals surface area contributed by atoms with E-state index in [-0.39, 0.29) is 24.1 Å². The molecule has 0 aliphatic carbocycles. The number of methoxy groups -OCH3 is 1. The number of carbonyl (C=O) groups excluding carboxylic acids is 2. The molecule has 2 aromatic heterocycles. The van der Waals surface area contributed by atoms with E-state index in [0.717, 1.165) is 11.3 Å². The van der Waals surface area contributed by atoms with Crippen LogP contribution >= 0.6 is 23.1 Å². The van der Waals surface area contributed by atoms with Crippen molar-refractivity contribution < 1.29 is 14.3 Å². The zero-order valence-corrected chi connectivity index (χ0v) is 21.1. The number of amides is 2. The molecule has 9 nitrogen and oxygen atoms in total. The quantitative estimate of drug-likeness (QED) is 0.225. The Balaban J connectivity index is 1.33. The molecule has 0 aliphatic rings. The lowest BCUT2D eigenvalue weighted by Gasteiger charge is -2.09. The second-order valence-corrected chi connectivity index (χ2v) is 9.25. The van der Waals surface area contributed by atoms with E-state index in [0.29, 0.717) is 34.0 Å². The average molecular weight is 521 g/mol. The van der Waals surface area contributed by atoms with Gasteiger partial charge < -0.3 is 19.9 Å². The van der Waals surface area contributed by atoms with Gasteiger partial charge in [-0.15, -0.1) is 28.1 Å². The van der Waals surface area contributed by atoms with Gasteiger partial charge in [0.05, 0.1) is 25.1 Å². The highest BCUT2D eigenvalue weighted by molar-refractivity contribution is 7.99. The number of hydrogen-bond donors (Lipinski definition) is 2. The van der Waals surface area contributed by atoms with Crippen molar-refractivity contribution in [2.45, 2.75) is 18.2 Å². The zero-order chi connectivity index (χ0) is 25.3. The summed E-state index contributed by atoms with van der Waals surface area (Å²) in [6, 6.07) is 16.6. The molecule has 0 unspecified atom stereocenters. The average Bonchev–Trinajstić information content (AvgIpc) is 3.54. The Bertz CT molecular complexity index is 1340. The second kappa shape index (κ2) is 12.1. The van der Waals surface area contributed by atoms with Gasteiger partial charge in [0.1, 0.15) is 5.75 Å². The van der Waals surface area contributed by atoms with Crippen LogP contribution in [0.5, 0.6) is 5.75 Å². The van der Waals surface area contributed by atoms with Crippen molar-refractivity contribution >= 4 is 40.0 Å². The summed E-state index contributed by atoms with van der Waals surface area (Å²) < 4.78 is 6.94. The molecule has 2 N–H and O–H groups in total. The number of ether oxygens (including phenoxy) is 1. The fraction of sp³-hybridized carbons (Fsp3) is 0.160. The van der Waals surface area contributed by atoms with Crippen molar-refractivity contribution in [1.82, 2.24) is 25.1 Å². The van der Waals surface area contributed by atoms with Gasteiger partial charge >= 0.3 is 0 Å². The van der Waals surface area contributed by atoms with Crippen LogP contribution in [0, 0.1) is 0 Å². The van der Waals surface area contributed by atoms with Crippen LogP contribution in [0.1, 0.15) is 16.2 Å². The number of allylic oxidation sites excluding steroid dienone is 1. The number of nitrogens with zero attached hydrogens (tertiary/aromatic N) is 4. The summed E-state index contributed by atoms with van der Waals surface area (Å²) in [5.41, 5.74) is 2.32. The van der Waals surface area contributed by atoms with Crippen LogP contribution in [0.3, 0.4) is 0 Å². The number of thioether (sulfide) groups is 1. The van der Waals surface area contributed by atoms with Crippen molar-refractivity contribution in [1.29, 1.82) is 0 Å². The summed E-state index contributed by atoms with van der Waals surface area (Å²) in [5.74, 6) is 0.934. The number of hydrogen-bond acceptors (Lipinski definition) is 8. The first-order valence-electron chi connectivity index (χ1n) is 11.0. The minimum absolute atomic E-state index is 0.133. The van der Waals surface area contributed by atoms with Crippen molar-refractivity contribution in [3.05, 3.63) is 84.0 Å². The van der Waals surface area contributed by atoms with Gasteiger partial charge in [-0.3, -0.25) is 9.59 Å². The van der Waals surface area contributed by atoms with Gasteiger partial charge in [-0.25, -0.2) is 4.98 Å². The van der Waals surface area contributed by atoms with Gasteiger partial charge in [-0.2, -0.15) is 0 Å². The summed E-state index contributed by atoms with van der Waals surface area (Å²) in [6.45, 7) is 4.41. The van der Waals surface area contributed by atoms with Gasteiger partial charge in [-0.05, 0) is 24.3 Å². The molecule has 2 aromatic carbocycles. The first-order valence-corrected chi connectivity index (χ1v) is 12.8. The fourth-order valence-electron chi connectivity index (χ4n) is 3.23. The van der Waals surface area contributed by atoms with Gasteiger partial charge in [0.15, 0.2) is 16.1 Å². The van der Waals surface area contributed by atoms with Crippen LogP contribution in [-0.4, -0.2) is 44.4 Å². The molecule has 4 aromatic rings. The number of anilines is 1. The van der Waals surface area contributed by atoms with Gasteiger partial charge in [0, 0.05) is 23.1 Å². The first kappa shape index (κ1) is 25.1. The lowest BCUT2D eigenvalue weighted by atomic mass is 10.2. The number of rotatable bonds is 11. The van der Waals surface area contributed by atoms with E-state index in [4.69, 9.17) is 4.74 Å². The maximum absolute atomic E-state index is 12.5. The third-order valence-electron chi connectivity index (χ3n) is 5.02. The van der Waals surface area contributed by atoms with Crippen LogP contribution in [0.25, 0.3) is 11.3 Å². The lowest BCUT2D eigenvalue weighted by molar-refractivity contribution is -0.113. The van der Waals surface area contributed by atoms with E-state index in [9.17, 15) is 9.59 Å². The second-order valence-electron chi connectivity index (χ2n) is 7.45. The van der Waals surface area contributed by atoms with Gasteiger partial charge in [0.2, 0.25) is 5.91 Å². The summed E-state index contributed by atoms with van der Waals surface area (Å²) in [7, 11) is 1.57. The SMILES string of the molecule is C=CCn1c(CNC(=O)c2ccc(OC)cc2)nnc1SCC(=O)Nc1nc(-c2ccccc2)cs1. The normalized spacial score (nSPS) is 10.6. The number of thiazole rings is 1. The topological polar surface area (TPSA) is 111 Å². The highest BCUT2D eigenvalue weighted by atomic mass is 32.2. The van der Waals surface area contributed by atoms with E-state index in [1.165, 1.54) is 23.1 Å². The van der Waals surface area contributed by atoms with Crippen molar-refractivity contribution in [2.24, 2.45) is 0 Å². The number of aromatic nitrogens is 4. The highest BCUT2D eigenvalue weighted by Crippen LogP contribution is 2.25. The molecule has 2 amide bonds. The predicted molar refractivity (Wildman–Crippen MR) is 141 cm³/mol. The molecule has 0 spiro atoms. The molecule has 0 saturated carbocycles. The lowest BCUT2D eigenvalue weighted by Crippen LogP contribution is -2.24. The molecule has 184 valence electrons. The fourth-order valence-corrected chi connectivity index (χ4v) is 4.73. The van der Waals surface area contributed by atoms with E-state index in [1.807, 2.05) is 40.3 Å². The smallest absolute Gasteiger partial charge is 0.251 e. The standard InChI is InChI=1S/C25H24N6O3S2/c1-3-13-31-21(14-26-23(33)18-9-11-19(34-2)12-10-18)29-30-25(31)36-16-22(32)28-24-27-20(15-35-24)17-7-5-4-6-8-17/h3-12,15H,1,13-14,16H2,2H3,(H,26,33)(H,27,28,32). The van der Waals surface area contributed by atoms with Crippen molar-refractivity contribution in [2.75, 3.05) is 18.2 Å². The molecule has 11 heteroatoms. The van der Waals surface area contributed by atoms with Crippen LogP contribution in [0.4, 0.5) is 5.13 Å². The Morgan fingerprint density at radius 1 is 1.14 bits per heavy atom. The Kier molecular flexibility index (Phi) is 8.48. The molecule has 0 atom stereocenters. The molecular weight excluding hydrogens is 496 g/mol.